The lowest BCUT2D eigenvalue weighted by molar-refractivity contribution is 0.0697. The molecule has 0 unspecified atom stereocenters. The van der Waals surface area contributed by atoms with Crippen molar-refractivity contribution in [3.8, 4) is 0 Å². The van der Waals surface area contributed by atoms with E-state index in [0.29, 0.717) is 11.5 Å². The van der Waals surface area contributed by atoms with Crippen LogP contribution in [0.25, 0.3) is 0 Å². The van der Waals surface area contributed by atoms with Crippen LogP contribution in [-0.2, 0) is 0 Å². The normalized spacial score (nSPS) is 16.7. The Morgan fingerprint density at radius 1 is 1.30 bits per heavy atom. The number of anilines is 1. The van der Waals surface area contributed by atoms with Crippen LogP contribution in [0.4, 0.5) is 5.69 Å². The molecule has 1 heterocycles. The van der Waals surface area contributed by atoms with Crippen molar-refractivity contribution < 1.29 is 9.90 Å². The zero-order valence-corrected chi connectivity index (χ0v) is 13.6. The van der Waals surface area contributed by atoms with E-state index in [0.717, 1.165) is 42.9 Å². The maximum Gasteiger partial charge on any atom is 0.335 e. The molecule has 0 aliphatic carbocycles. The molecule has 1 aromatic carbocycles. The van der Waals surface area contributed by atoms with Crippen LogP contribution >= 0.6 is 15.9 Å². The van der Waals surface area contributed by atoms with Gasteiger partial charge in [0.05, 0.1) is 11.3 Å². The summed E-state index contributed by atoms with van der Waals surface area (Å²) in [6.45, 7) is 9.72. The van der Waals surface area contributed by atoms with Gasteiger partial charge in [-0.05, 0) is 40.0 Å². The SMILES string of the molecule is CC(C)CN1CCN(c2ccc(C(=O)O)cc2Br)CC1. The number of hydrogen-bond acceptors (Lipinski definition) is 3. The highest BCUT2D eigenvalue weighted by Gasteiger charge is 2.19. The fourth-order valence-corrected chi connectivity index (χ4v) is 3.21. The molecule has 4 nitrogen and oxygen atoms in total. The molecule has 2 rings (SSSR count). The standard InChI is InChI=1S/C15H21BrN2O2/c1-11(2)10-17-5-7-18(8-6-17)14-4-3-12(15(19)20)9-13(14)16/h3-4,9,11H,5-8,10H2,1-2H3,(H,19,20). The largest absolute Gasteiger partial charge is 0.478 e. The molecule has 20 heavy (non-hydrogen) atoms. The third kappa shape index (κ3) is 3.73. The van der Waals surface area contributed by atoms with E-state index in [4.69, 9.17) is 5.11 Å². The summed E-state index contributed by atoms with van der Waals surface area (Å²) in [6, 6.07) is 5.24. The predicted octanol–water partition coefficient (Wildman–Crippen LogP) is 2.93. The molecule has 1 aliphatic heterocycles. The Kier molecular flexibility index (Phi) is 5.05. The Balaban J connectivity index is 2.02. The number of benzene rings is 1. The van der Waals surface area contributed by atoms with Crippen molar-refractivity contribution in [1.29, 1.82) is 0 Å². The molecule has 1 aliphatic rings. The van der Waals surface area contributed by atoms with Crippen LogP contribution in [0.3, 0.4) is 0 Å². The number of carbonyl (C=O) groups is 1. The molecule has 1 fully saturated rings. The van der Waals surface area contributed by atoms with Gasteiger partial charge in [0, 0.05) is 37.2 Å². The number of carboxylic acid groups (broad SMARTS) is 1. The van der Waals surface area contributed by atoms with E-state index in [9.17, 15) is 4.79 Å². The fraction of sp³-hybridized carbons (Fsp3) is 0.533. The van der Waals surface area contributed by atoms with Crippen LogP contribution in [0.2, 0.25) is 0 Å². The Labute approximate surface area is 128 Å². The Bertz CT molecular complexity index is 483. The number of hydrogen-bond donors (Lipinski definition) is 1. The molecule has 1 aromatic rings. The van der Waals surface area contributed by atoms with Gasteiger partial charge in [0.25, 0.3) is 0 Å². The molecule has 110 valence electrons. The highest BCUT2D eigenvalue weighted by molar-refractivity contribution is 9.10. The second kappa shape index (κ2) is 6.59. The second-order valence-corrected chi connectivity index (χ2v) is 6.51. The summed E-state index contributed by atoms with van der Waals surface area (Å²) in [5.41, 5.74) is 1.40. The molecule has 5 heteroatoms. The second-order valence-electron chi connectivity index (χ2n) is 5.65. The maximum atomic E-state index is 10.9. The molecule has 0 radical (unpaired) electrons. The first-order valence-electron chi connectivity index (χ1n) is 6.97. The molecule has 0 aromatic heterocycles. The van der Waals surface area contributed by atoms with E-state index in [1.807, 2.05) is 6.07 Å². The summed E-state index contributed by atoms with van der Waals surface area (Å²) in [5, 5.41) is 8.99. The summed E-state index contributed by atoms with van der Waals surface area (Å²) < 4.78 is 0.856. The minimum absolute atomic E-state index is 0.319. The monoisotopic (exact) mass is 340 g/mol. The van der Waals surface area contributed by atoms with Gasteiger partial charge in [0.1, 0.15) is 0 Å². The number of nitrogens with zero attached hydrogens (tertiary/aromatic N) is 2. The molecule has 0 amide bonds. The smallest absolute Gasteiger partial charge is 0.335 e. The van der Waals surface area contributed by atoms with Gasteiger partial charge < -0.3 is 10.0 Å². The topological polar surface area (TPSA) is 43.8 Å². The van der Waals surface area contributed by atoms with Crippen molar-refractivity contribution >= 4 is 27.6 Å². The van der Waals surface area contributed by atoms with Crippen LogP contribution in [0.5, 0.6) is 0 Å². The number of rotatable bonds is 4. The highest BCUT2D eigenvalue weighted by Crippen LogP contribution is 2.28. The Morgan fingerprint density at radius 2 is 1.95 bits per heavy atom. The van der Waals surface area contributed by atoms with Gasteiger partial charge >= 0.3 is 5.97 Å². The zero-order chi connectivity index (χ0) is 14.7. The van der Waals surface area contributed by atoms with Crippen molar-refractivity contribution in [2.24, 2.45) is 5.92 Å². The first-order valence-corrected chi connectivity index (χ1v) is 7.77. The van der Waals surface area contributed by atoms with Crippen molar-refractivity contribution in [2.45, 2.75) is 13.8 Å². The van der Waals surface area contributed by atoms with Gasteiger partial charge in [0.15, 0.2) is 0 Å². The molecule has 0 spiro atoms. The van der Waals surface area contributed by atoms with Crippen LogP contribution < -0.4 is 4.90 Å². The van der Waals surface area contributed by atoms with E-state index in [1.165, 1.54) is 0 Å². The molecule has 0 bridgehead atoms. The quantitative estimate of drug-likeness (QED) is 0.915. The molecule has 1 N–H and O–H groups in total. The van der Waals surface area contributed by atoms with Crippen molar-refractivity contribution in [1.82, 2.24) is 4.90 Å². The third-order valence-corrected chi connectivity index (χ3v) is 4.17. The highest BCUT2D eigenvalue weighted by atomic mass is 79.9. The van der Waals surface area contributed by atoms with Gasteiger partial charge in [-0.25, -0.2) is 4.79 Å². The summed E-state index contributed by atoms with van der Waals surface area (Å²) >= 11 is 3.49. The van der Waals surface area contributed by atoms with Crippen molar-refractivity contribution in [3.63, 3.8) is 0 Å². The molecule has 1 saturated heterocycles. The van der Waals surface area contributed by atoms with Crippen LogP contribution in [0.1, 0.15) is 24.2 Å². The molecule has 0 atom stereocenters. The molecular formula is C15H21BrN2O2. The van der Waals surface area contributed by atoms with E-state index < -0.39 is 5.97 Å². The van der Waals surface area contributed by atoms with Crippen LogP contribution in [0, 0.1) is 5.92 Å². The lowest BCUT2D eigenvalue weighted by Crippen LogP contribution is -2.47. The van der Waals surface area contributed by atoms with Gasteiger partial charge in [-0.1, -0.05) is 13.8 Å². The summed E-state index contributed by atoms with van der Waals surface area (Å²) in [7, 11) is 0. The predicted molar refractivity (Wildman–Crippen MR) is 84.6 cm³/mol. The van der Waals surface area contributed by atoms with Crippen molar-refractivity contribution in [2.75, 3.05) is 37.6 Å². The van der Waals surface area contributed by atoms with E-state index in [1.54, 1.807) is 12.1 Å². The lowest BCUT2D eigenvalue weighted by Gasteiger charge is -2.37. The third-order valence-electron chi connectivity index (χ3n) is 3.53. The zero-order valence-electron chi connectivity index (χ0n) is 12.0. The minimum atomic E-state index is -0.890. The van der Waals surface area contributed by atoms with Gasteiger partial charge in [-0.2, -0.15) is 0 Å². The maximum absolute atomic E-state index is 10.9. The van der Waals surface area contributed by atoms with Gasteiger partial charge in [0.2, 0.25) is 0 Å². The number of aromatic carboxylic acids is 1. The number of halogens is 1. The van der Waals surface area contributed by atoms with E-state index in [-0.39, 0.29) is 0 Å². The van der Waals surface area contributed by atoms with Gasteiger partial charge in [-0.15, -0.1) is 0 Å². The van der Waals surface area contributed by atoms with E-state index >= 15 is 0 Å². The minimum Gasteiger partial charge on any atom is -0.478 e. The number of carboxylic acids is 1. The Hall–Kier alpha value is -1.07. The first kappa shape index (κ1) is 15.3. The molecule has 0 saturated carbocycles. The Morgan fingerprint density at radius 3 is 2.45 bits per heavy atom. The lowest BCUT2D eigenvalue weighted by atomic mass is 10.1. The fourth-order valence-electron chi connectivity index (χ4n) is 2.58. The summed E-state index contributed by atoms with van der Waals surface area (Å²) in [4.78, 5) is 15.7. The van der Waals surface area contributed by atoms with Gasteiger partial charge in [-0.3, -0.25) is 4.90 Å². The first-order chi connectivity index (χ1) is 9.47. The average Bonchev–Trinajstić information content (AvgIpc) is 2.39. The molecular weight excluding hydrogens is 320 g/mol. The van der Waals surface area contributed by atoms with Crippen LogP contribution in [0.15, 0.2) is 22.7 Å². The summed E-state index contributed by atoms with van der Waals surface area (Å²) in [5.74, 6) is -0.192. The average molecular weight is 341 g/mol. The van der Waals surface area contributed by atoms with Crippen molar-refractivity contribution in [3.05, 3.63) is 28.2 Å². The summed E-state index contributed by atoms with van der Waals surface area (Å²) in [6.07, 6.45) is 0. The van der Waals surface area contributed by atoms with Crippen LogP contribution in [-0.4, -0.2) is 48.7 Å². The van der Waals surface area contributed by atoms with E-state index in [2.05, 4.69) is 39.6 Å². The number of piperazine rings is 1.